The summed E-state index contributed by atoms with van der Waals surface area (Å²) in [5.41, 5.74) is 0.661. The summed E-state index contributed by atoms with van der Waals surface area (Å²) < 4.78 is 32.2. The van der Waals surface area contributed by atoms with E-state index in [9.17, 15) is 8.42 Å². The highest BCUT2D eigenvalue weighted by molar-refractivity contribution is 7.91. The van der Waals surface area contributed by atoms with Gasteiger partial charge in [0.05, 0.1) is 12.3 Å². The first-order chi connectivity index (χ1) is 7.63. The zero-order chi connectivity index (χ0) is 11.6. The second-order valence-electron chi connectivity index (χ2n) is 3.40. The van der Waals surface area contributed by atoms with Crippen molar-refractivity contribution in [3.05, 3.63) is 24.3 Å². The maximum absolute atomic E-state index is 11.6. The van der Waals surface area contributed by atoms with Crippen LogP contribution in [0.3, 0.4) is 0 Å². The SMILES string of the molecule is CCOc1ccc(N2CCNS2(=O)=O)cc1. The zero-order valence-corrected chi connectivity index (χ0v) is 9.83. The fourth-order valence-electron chi connectivity index (χ4n) is 1.62. The van der Waals surface area contributed by atoms with Crippen molar-refractivity contribution in [3.8, 4) is 5.75 Å². The van der Waals surface area contributed by atoms with Crippen molar-refractivity contribution in [2.24, 2.45) is 0 Å². The van der Waals surface area contributed by atoms with Gasteiger partial charge in [0.25, 0.3) is 0 Å². The first-order valence-corrected chi connectivity index (χ1v) is 6.57. The Hall–Kier alpha value is -1.27. The highest BCUT2D eigenvalue weighted by Gasteiger charge is 2.27. The summed E-state index contributed by atoms with van der Waals surface area (Å²) in [6, 6.07) is 7.03. The van der Waals surface area contributed by atoms with Gasteiger partial charge in [-0.1, -0.05) is 0 Å². The van der Waals surface area contributed by atoms with Crippen LogP contribution in [0.25, 0.3) is 0 Å². The summed E-state index contributed by atoms with van der Waals surface area (Å²) >= 11 is 0. The fourth-order valence-corrected chi connectivity index (χ4v) is 2.85. The summed E-state index contributed by atoms with van der Waals surface area (Å²) in [7, 11) is -3.32. The normalized spacial score (nSPS) is 18.7. The lowest BCUT2D eigenvalue weighted by molar-refractivity contribution is 0.340. The van der Waals surface area contributed by atoms with Crippen LogP contribution in [0.4, 0.5) is 5.69 Å². The molecule has 1 heterocycles. The number of nitrogens with one attached hydrogen (secondary N) is 1. The van der Waals surface area contributed by atoms with Crippen LogP contribution in [0.1, 0.15) is 6.92 Å². The minimum Gasteiger partial charge on any atom is -0.494 e. The molecule has 0 aromatic heterocycles. The van der Waals surface area contributed by atoms with Crippen LogP contribution in [-0.2, 0) is 10.2 Å². The quantitative estimate of drug-likeness (QED) is 0.850. The smallest absolute Gasteiger partial charge is 0.301 e. The highest BCUT2D eigenvalue weighted by atomic mass is 32.2. The van der Waals surface area contributed by atoms with E-state index in [1.165, 1.54) is 4.31 Å². The molecule has 1 N–H and O–H groups in total. The van der Waals surface area contributed by atoms with Crippen molar-refractivity contribution in [3.63, 3.8) is 0 Å². The molecular formula is C10H14N2O3S. The zero-order valence-electron chi connectivity index (χ0n) is 9.01. The van der Waals surface area contributed by atoms with Crippen LogP contribution >= 0.6 is 0 Å². The average Bonchev–Trinajstić information content (AvgIpc) is 2.60. The molecule has 0 aliphatic carbocycles. The lowest BCUT2D eigenvalue weighted by Crippen LogP contribution is -2.29. The van der Waals surface area contributed by atoms with Gasteiger partial charge in [-0.2, -0.15) is 13.1 Å². The third-order valence-electron chi connectivity index (χ3n) is 2.33. The summed E-state index contributed by atoms with van der Waals surface area (Å²) in [6.07, 6.45) is 0. The van der Waals surface area contributed by atoms with Gasteiger partial charge >= 0.3 is 10.2 Å². The first-order valence-electron chi connectivity index (χ1n) is 5.13. The molecule has 0 saturated carbocycles. The second-order valence-corrected chi connectivity index (χ2v) is 5.08. The van der Waals surface area contributed by atoms with Crippen LogP contribution in [0.2, 0.25) is 0 Å². The van der Waals surface area contributed by atoms with Crippen LogP contribution in [-0.4, -0.2) is 28.1 Å². The van der Waals surface area contributed by atoms with Gasteiger partial charge in [0.2, 0.25) is 0 Å². The molecule has 0 radical (unpaired) electrons. The van der Waals surface area contributed by atoms with Crippen LogP contribution < -0.4 is 13.8 Å². The van der Waals surface area contributed by atoms with Crippen molar-refractivity contribution in [1.29, 1.82) is 0 Å². The minimum absolute atomic E-state index is 0.454. The van der Waals surface area contributed by atoms with Gasteiger partial charge < -0.3 is 4.74 Å². The number of rotatable bonds is 3. The van der Waals surface area contributed by atoms with Gasteiger partial charge in [-0.3, -0.25) is 4.31 Å². The first kappa shape index (κ1) is 11.2. The minimum atomic E-state index is -3.32. The van der Waals surface area contributed by atoms with Crippen LogP contribution in [0.15, 0.2) is 24.3 Å². The Labute approximate surface area is 95.2 Å². The van der Waals surface area contributed by atoms with Gasteiger partial charge in [0, 0.05) is 13.1 Å². The molecule has 16 heavy (non-hydrogen) atoms. The van der Waals surface area contributed by atoms with Crippen molar-refractivity contribution in [2.45, 2.75) is 6.92 Å². The Morgan fingerprint density at radius 2 is 2.06 bits per heavy atom. The molecule has 2 rings (SSSR count). The van der Waals surface area contributed by atoms with Crippen molar-refractivity contribution >= 4 is 15.9 Å². The molecule has 0 spiro atoms. The van der Waals surface area contributed by atoms with E-state index in [0.717, 1.165) is 5.75 Å². The second kappa shape index (κ2) is 4.31. The Morgan fingerprint density at radius 3 is 2.56 bits per heavy atom. The van der Waals surface area contributed by atoms with E-state index >= 15 is 0 Å². The fraction of sp³-hybridized carbons (Fsp3) is 0.400. The molecular weight excluding hydrogens is 228 g/mol. The summed E-state index contributed by atoms with van der Waals surface area (Å²) in [4.78, 5) is 0. The monoisotopic (exact) mass is 242 g/mol. The lowest BCUT2D eigenvalue weighted by atomic mass is 10.3. The number of nitrogens with zero attached hydrogens (tertiary/aromatic N) is 1. The molecule has 0 atom stereocenters. The number of anilines is 1. The van der Waals surface area contributed by atoms with E-state index in [-0.39, 0.29) is 0 Å². The summed E-state index contributed by atoms with van der Waals surface area (Å²) in [6.45, 7) is 3.43. The molecule has 1 aliphatic rings. The Balaban J connectivity index is 2.22. The largest absolute Gasteiger partial charge is 0.494 e. The molecule has 1 fully saturated rings. The molecule has 1 saturated heterocycles. The third kappa shape index (κ3) is 2.12. The molecule has 0 amide bonds. The van der Waals surface area contributed by atoms with E-state index in [2.05, 4.69) is 4.72 Å². The Bertz CT molecular complexity index is 455. The molecule has 1 aromatic carbocycles. The maximum atomic E-state index is 11.6. The van der Waals surface area contributed by atoms with E-state index in [1.807, 2.05) is 6.92 Å². The van der Waals surface area contributed by atoms with E-state index in [4.69, 9.17) is 4.74 Å². The Morgan fingerprint density at radius 1 is 1.38 bits per heavy atom. The number of hydrogen-bond donors (Lipinski definition) is 1. The maximum Gasteiger partial charge on any atom is 0.301 e. The molecule has 6 heteroatoms. The lowest BCUT2D eigenvalue weighted by Gasteiger charge is -2.15. The molecule has 88 valence electrons. The molecule has 1 aromatic rings. The van der Waals surface area contributed by atoms with Gasteiger partial charge in [0.1, 0.15) is 5.75 Å². The summed E-state index contributed by atoms with van der Waals surface area (Å²) in [5, 5.41) is 0. The third-order valence-corrected chi connectivity index (χ3v) is 3.87. The molecule has 1 aliphatic heterocycles. The number of benzene rings is 1. The number of ether oxygens (including phenoxy) is 1. The Kier molecular flexibility index (Phi) is 3.02. The molecule has 0 unspecified atom stereocenters. The van der Waals surface area contributed by atoms with Crippen LogP contribution in [0.5, 0.6) is 5.75 Å². The van der Waals surface area contributed by atoms with Gasteiger partial charge in [-0.15, -0.1) is 0 Å². The van der Waals surface area contributed by atoms with Gasteiger partial charge in [-0.05, 0) is 31.2 Å². The van der Waals surface area contributed by atoms with E-state index in [0.29, 0.717) is 25.4 Å². The topological polar surface area (TPSA) is 58.6 Å². The van der Waals surface area contributed by atoms with Crippen molar-refractivity contribution < 1.29 is 13.2 Å². The van der Waals surface area contributed by atoms with Crippen molar-refractivity contribution in [1.82, 2.24) is 4.72 Å². The average molecular weight is 242 g/mol. The summed E-state index contributed by atoms with van der Waals surface area (Å²) in [5.74, 6) is 0.746. The van der Waals surface area contributed by atoms with Crippen LogP contribution in [0, 0.1) is 0 Å². The molecule has 0 bridgehead atoms. The van der Waals surface area contributed by atoms with Gasteiger partial charge in [-0.25, -0.2) is 0 Å². The van der Waals surface area contributed by atoms with E-state index in [1.54, 1.807) is 24.3 Å². The van der Waals surface area contributed by atoms with Gasteiger partial charge in [0.15, 0.2) is 0 Å². The molecule has 5 nitrogen and oxygen atoms in total. The highest BCUT2D eigenvalue weighted by Crippen LogP contribution is 2.22. The standard InChI is InChI=1S/C10H14N2O3S/c1-2-15-10-5-3-9(4-6-10)12-8-7-11-16(12,13)14/h3-6,11H,2,7-8H2,1H3. The predicted octanol–water partition coefficient (Wildman–Crippen LogP) is 0.740. The van der Waals surface area contributed by atoms with Crippen molar-refractivity contribution in [2.75, 3.05) is 24.0 Å². The van der Waals surface area contributed by atoms with E-state index < -0.39 is 10.2 Å². The number of hydrogen-bond acceptors (Lipinski definition) is 3. The predicted molar refractivity (Wildman–Crippen MR) is 61.9 cm³/mol.